The summed E-state index contributed by atoms with van der Waals surface area (Å²) in [6, 6.07) is 0. The molecule has 0 aromatic rings. The van der Waals surface area contributed by atoms with Crippen molar-refractivity contribution < 1.29 is 21.1 Å². The molecule has 0 aliphatic heterocycles. The van der Waals surface area contributed by atoms with Gasteiger partial charge in [0, 0.05) is 0 Å². The first kappa shape index (κ1) is 17.2. The van der Waals surface area contributed by atoms with Crippen molar-refractivity contribution in [2.75, 3.05) is 19.8 Å². The average Bonchev–Trinajstić information content (AvgIpc) is 1.93. The van der Waals surface area contributed by atoms with Crippen molar-refractivity contribution in [3.63, 3.8) is 0 Å². The van der Waals surface area contributed by atoms with Crippen LogP contribution in [0.15, 0.2) is 0 Å². The Morgan fingerprint density at radius 2 is 1.90 bits per heavy atom. The van der Waals surface area contributed by atoms with Crippen LogP contribution in [0.3, 0.4) is 0 Å². The van der Waals surface area contributed by atoms with Crippen LogP contribution in [-0.2, 0) is 21.1 Å². The molecule has 0 amide bonds. The molecule has 3 heteroatoms. The van der Waals surface area contributed by atoms with E-state index in [4.69, 9.17) is 0 Å². The topological polar surface area (TPSA) is 14.1 Å². The molecule has 0 rings (SSSR count). The van der Waals surface area contributed by atoms with Gasteiger partial charge in [-0.25, -0.2) is 0 Å². The average molecular weight is 331 g/mol. The van der Waals surface area contributed by atoms with Gasteiger partial charge in [0.05, 0.1) is 0 Å². The standard InChI is InChI=1S/C5H13NP.C2H5.W/c1-5(4-7)3-6-2;1-2;/h5H,3-4,7H2,1-2H3;1H2,2H3;/q2*-1;+2. The maximum absolute atomic E-state index is 3.99. The molecule has 0 fully saturated rings. The third-order valence-corrected chi connectivity index (χ3v) is 1.70. The Bertz CT molecular complexity index is 44.6. The summed E-state index contributed by atoms with van der Waals surface area (Å²) in [4.78, 5) is 0. The van der Waals surface area contributed by atoms with Gasteiger partial charge in [0.1, 0.15) is 0 Å². The SMILES string of the molecule is C[N-]CC(C)CP.[CH2-]C.[W+2]. The van der Waals surface area contributed by atoms with Gasteiger partial charge in [-0.15, -0.1) is 15.8 Å². The first-order chi connectivity index (χ1) is 4.31. The van der Waals surface area contributed by atoms with Crippen molar-refractivity contribution in [2.24, 2.45) is 5.92 Å². The summed E-state index contributed by atoms with van der Waals surface area (Å²) in [7, 11) is 4.57. The van der Waals surface area contributed by atoms with Gasteiger partial charge in [0.15, 0.2) is 0 Å². The molecule has 0 aromatic carbocycles. The minimum absolute atomic E-state index is 0. The summed E-state index contributed by atoms with van der Waals surface area (Å²) < 4.78 is 0. The van der Waals surface area contributed by atoms with Crippen LogP contribution in [-0.4, -0.2) is 19.8 Å². The largest absolute Gasteiger partial charge is 2.00 e. The minimum Gasteiger partial charge on any atom is -0.665 e. The van der Waals surface area contributed by atoms with E-state index >= 15 is 0 Å². The molecular formula is C7H18NPW. The molecule has 10 heavy (non-hydrogen) atoms. The van der Waals surface area contributed by atoms with Crippen molar-refractivity contribution >= 4 is 9.24 Å². The molecule has 0 radical (unpaired) electrons. The summed E-state index contributed by atoms with van der Waals surface area (Å²) in [5, 5.41) is 3.99. The Balaban J connectivity index is -0.000000149. The van der Waals surface area contributed by atoms with Gasteiger partial charge in [0.2, 0.25) is 0 Å². The summed E-state index contributed by atoms with van der Waals surface area (Å²) in [5.74, 6) is 0.745. The predicted octanol–water partition coefficient (Wildman–Crippen LogP) is 2.34. The van der Waals surface area contributed by atoms with Crippen LogP contribution < -0.4 is 0 Å². The summed E-state index contributed by atoms with van der Waals surface area (Å²) in [5.41, 5.74) is 0. The van der Waals surface area contributed by atoms with Gasteiger partial charge < -0.3 is 12.2 Å². The van der Waals surface area contributed by atoms with Crippen LogP contribution in [0.2, 0.25) is 0 Å². The van der Waals surface area contributed by atoms with E-state index in [-0.39, 0.29) is 21.1 Å². The number of hydrogen-bond acceptors (Lipinski definition) is 0. The fourth-order valence-corrected chi connectivity index (χ4v) is 0.535. The van der Waals surface area contributed by atoms with Crippen LogP contribution in [0.1, 0.15) is 13.8 Å². The summed E-state index contributed by atoms with van der Waals surface area (Å²) in [6.45, 7) is 8.20. The smallest absolute Gasteiger partial charge is 0.665 e. The molecule has 0 saturated carbocycles. The molecule has 0 aliphatic rings. The molecule has 0 saturated heterocycles. The van der Waals surface area contributed by atoms with Crippen LogP contribution >= 0.6 is 9.24 Å². The van der Waals surface area contributed by atoms with E-state index in [1.165, 1.54) is 0 Å². The Hall–Kier alpha value is 1.08. The van der Waals surface area contributed by atoms with Gasteiger partial charge in [0.25, 0.3) is 0 Å². The van der Waals surface area contributed by atoms with Crippen molar-refractivity contribution in [2.45, 2.75) is 13.8 Å². The molecule has 62 valence electrons. The monoisotopic (exact) mass is 331 g/mol. The van der Waals surface area contributed by atoms with Crippen molar-refractivity contribution in [3.8, 4) is 0 Å². The van der Waals surface area contributed by atoms with E-state index in [2.05, 4.69) is 28.4 Å². The van der Waals surface area contributed by atoms with Crippen LogP contribution in [0.25, 0.3) is 5.32 Å². The normalized spacial score (nSPS) is 10.5. The summed E-state index contributed by atoms with van der Waals surface area (Å²) in [6.07, 6.45) is 1.16. The summed E-state index contributed by atoms with van der Waals surface area (Å²) >= 11 is 0. The fraction of sp³-hybridized carbons (Fsp3) is 0.857. The van der Waals surface area contributed by atoms with Crippen molar-refractivity contribution in [3.05, 3.63) is 12.2 Å². The fourth-order valence-electron chi connectivity index (χ4n) is 0.386. The van der Waals surface area contributed by atoms with Crippen LogP contribution in [0.4, 0.5) is 0 Å². The maximum atomic E-state index is 3.99. The zero-order chi connectivity index (χ0) is 7.70. The quantitative estimate of drug-likeness (QED) is 0.557. The number of hydrogen-bond donors (Lipinski definition) is 0. The van der Waals surface area contributed by atoms with E-state index in [1.54, 1.807) is 6.92 Å². The van der Waals surface area contributed by atoms with Gasteiger partial charge >= 0.3 is 21.1 Å². The molecule has 0 aromatic heterocycles. The van der Waals surface area contributed by atoms with Crippen molar-refractivity contribution in [1.82, 2.24) is 0 Å². The molecule has 1 nitrogen and oxygen atoms in total. The molecule has 0 heterocycles. The van der Waals surface area contributed by atoms with Crippen molar-refractivity contribution in [1.29, 1.82) is 0 Å². The molecule has 2 unspecified atom stereocenters. The van der Waals surface area contributed by atoms with Crippen LogP contribution in [0.5, 0.6) is 0 Å². The second-order valence-corrected chi connectivity index (χ2v) is 2.31. The van der Waals surface area contributed by atoms with Gasteiger partial charge in [-0.3, -0.25) is 0 Å². The van der Waals surface area contributed by atoms with E-state index in [0.29, 0.717) is 0 Å². The third-order valence-electron chi connectivity index (χ3n) is 0.897. The Morgan fingerprint density at radius 1 is 1.50 bits per heavy atom. The molecule has 0 spiro atoms. The van der Waals surface area contributed by atoms with Gasteiger partial charge in [-0.2, -0.15) is 14.0 Å². The van der Waals surface area contributed by atoms with Gasteiger partial charge in [-0.05, 0) is 6.16 Å². The Labute approximate surface area is 82.2 Å². The first-order valence-electron chi connectivity index (χ1n) is 3.27. The van der Waals surface area contributed by atoms with Gasteiger partial charge in [-0.1, -0.05) is 12.8 Å². The van der Waals surface area contributed by atoms with E-state index in [0.717, 1.165) is 18.6 Å². The maximum Gasteiger partial charge on any atom is 2.00 e. The molecule has 0 aliphatic carbocycles. The third kappa shape index (κ3) is 16.0. The molecular weight excluding hydrogens is 313 g/mol. The number of nitrogens with zero attached hydrogens (tertiary/aromatic N) is 1. The Morgan fingerprint density at radius 3 is 2.00 bits per heavy atom. The van der Waals surface area contributed by atoms with E-state index < -0.39 is 0 Å². The zero-order valence-electron chi connectivity index (χ0n) is 7.13. The zero-order valence-corrected chi connectivity index (χ0v) is 11.2. The molecule has 0 N–H and O–H groups in total. The second-order valence-electron chi connectivity index (χ2n) is 1.84. The second kappa shape index (κ2) is 16.6. The number of rotatable bonds is 3. The molecule has 2 atom stereocenters. The van der Waals surface area contributed by atoms with E-state index in [9.17, 15) is 0 Å². The van der Waals surface area contributed by atoms with E-state index in [1.807, 2.05) is 7.05 Å². The predicted molar refractivity (Wildman–Crippen MR) is 48.9 cm³/mol. The molecule has 0 bridgehead atoms. The first-order valence-corrected chi connectivity index (χ1v) is 4.09. The minimum atomic E-state index is 0. The Kier molecular flexibility index (Phi) is 28.6. The van der Waals surface area contributed by atoms with Crippen LogP contribution in [0, 0.1) is 12.8 Å².